The molecule has 1 heteroatoms. The van der Waals surface area contributed by atoms with Gasteiger partial charge < -0.3 is 4.90 Å². The third-order valence-corrected chi connectivity index (χ3v) is 6.27. The number of hydrogen-bond donors (Lipinski definition) is 0. The van der Waals surface area contributed by atoms with E-state index in [1.165, 1.54) is 128 Å². The first kappa shape index (κ1) is 27.7. The highest BCUT2D eigenvalue weighted by Crippen LogP contribution is 2.14. The van der Waals surface area contributed by atoms with Gasteiger partial charge >= 0.3 is 0 Å². The molecule has 0 N–H and O–H groups in total. The topological polar surface area (TPSA) is 3.24 Å². The molecule has 0 aliphatic carbocycles. The minimum Gasteiger partial charge on any atom is -0.307 e. The molecule has 0 saturated carbocycles. The van der Waals surface area contributed by atoms with Crippen molar-refractivity contribution in [2.45, 2.75) is 148 Å². The van der Waals surface area contributed by atoms with Gasteiger partial charge in [-0.1, -0.05) is 115 Å². The Hall–Kier alpha value is -0.300. The zero-order chi connectivity index (χ0) is 20.7. The van der Waals surface area contributed by atoms with E-state index in [-0.39, 0.29) is 0 Å². The lowest BCUT2D eigenvalue weighted by molar-refractivity contribution is 0.291. The first-order valence-electron chi connectivity index (χ1n) is 13.0. The molecule has 1 atom stereocenters. The van der Waals surface area contributed by atoms with Gasteiger partial charge in [0.2, 0.25) is 0 Å². The molecule has 0 bridgehead atoms. The number of allylic oxidation sites excluding steroid dienone is 2. The summed E-state index contributed by atoms with van der Waals surface area (Å²) in [5.41, 5.74) is 0. The van der Waals surface area contributed by atoms with Crippen molar-refractivity contribution >= 4 is 0 Å². The van der Waals surface area contributed by atoms with E-state index in [9.17, 15) is 0 Å². The average Bonchev–Trinajstić information content (AvgIpc) is 2.68. The summed E-state index contributed by atoms with van der Waals surface area (Å²) >= 11 is 0. The molecule has 28 heavy (non-hydrogen) atoms. The number of nitrogens with zero attached hydrogens (tertiary/aromatic N) is 1. The molecule has 0 heterocycles. The summed E-state index contributed by atoms with van der Waals surface area (Å²) in [7, 11) is 4.39. The first-order chi connectivity index (χ1) is 13.7. The molecule has 0 amide bonds. The Balaban J connectivity index is 3.11. The van der Waals surface area contributed by atoms with Crippen molar-refractivity contribution in [2.75, 3.05) is 14.1 Å². The van der Waals surface area contributed by atoms with Crippen LogP contribution in [0.3, 0.4) is 0 Å². The van der Waals surface area contributed by atoms with Gasteiger partial charge in [0.1, 0.15) is 0 Å². The Morgan fingerprint density at radius 3 is 1.29 bits per heavy atom. The number of hydrogen-bond acceptors (Lipinski definition) is 1. The van der Waals surface area contributed by atoms with Crippen LogP contribution in [-0.4, -0.2) is 25.0 Å². The molecule has 168 valence electrons. The van der Waals surface area contributed by atoms with Gasteiger partial charge in [-0.2, -0.15) is 0 Å². The molecule has 0 aliphatic heterocycles. The summed E-state index contributed by atoms with van der Waals surface area (Å²) in [6, 6.07) is 0.746. The fraction of sp³-hybridized carbons (Fsp3) is 0.926. The molecule has 0 aromatic rings. The summed E-state index contributed by atoms with van der Waals surface area (Å²) in [6.45, 7) is 4.63. The van der Waals surface area contributed by atoms with Gasteiger partial charge in [-0.15, -0.1) is 0 Å². The second kappa shape index (κ2) is 23.0. The summed E-state index contributed by atoms with van der Waals surface area (Å²) in [5, 5.41) is 0. The third-order valence-electron chi connectivity index (χ3n) is 6.27. The van der Waals surface area contributed by atoms with Crippen molar-refractivity contribution in [3.8, 4) is 0 Å². The molecule has 0 fully saturated rings. The van der Waals surface area contributed by atoms with Crippen LogP contribution in [0.15, 0.2) is 12.2 Å². The van der Waals surface area contributed by atoms with Gasteiger partial charge in [0.25, 0.3) is 0 Å². The molecule has 0 spiro atoms. The smallest absolute Gasteiger partial charge is 0.00608 e. The van der Waals surface area contributed by atoms with Crippen LogP contribution in [0.25, 0.3) is 0 Å². The van der Waals surface area contributed by atoms with Crippen molar-refractivity contribution < 1.29 is 0 Å². The summed E-state index contributed by atoms with van der Waals surface area (Å²) in [5.74, 6) is 0. The Morgan fingerprint density at radius 2 is 0.893 bits per heavy atom. The monoisotopic (exact) mass is 393 g/mol. The second-order valence-electron chi connectivity index (χ2n) is 9.31. The molecular weight excluding hydrogens is 338 g/mol. The van der Waals surface area contributed by atoms with Crippen molar-refractivity contribution in [3.05, 3.63) is 12.2 Å². The average molecular weight is 394 g/mol. The second-order valence-corrected chi connectivity index (χ2v) is 9.31. The van der Waals surface area contributed by atoms with Gasteiger partial charge in [-0.05, 0) is 53.1 Å². The largest absolute Gasteiger partial charge is 0.307 e. The SMILES string of the molecule is CCCCCCCC/C=C\CCCCCCCCCCCCCC(C)N(C)C. The quantitative estimate of drug-likeness (QED) is 0.131. The molecular formula is C27H55N. The number of rotatable bonds is 22. The van der Waals surface area contributed by atoms with E-state index in [4.69, 9.17) is 0 Å². The molecule has 0 aromatic carbocycles. The normalized spacial score (nSPS) is 13.0. The van der Waals surface area contributed by atoms with Crippen LogP contribution in [0.1, 0.15) is 142 Å². The van der Waals surface area contributed by atoms with Crippen LogP contribution in [0.4, 0.5) is 0 Å². The molecule has 0 saturated heterocycles. The molecule has 0 rings (SSSR count). The summed E-state index contributed by atoms with van der Waals surface area (Å²) < 4.78 is 0. The molecule has 0 aliphatic rings. The Bertz CT molecular complexity index is 307. The van der Waals surface area contributed by atoms with E-state index in [0.717, 1.165) is 6.04 Å². The van der Waals surface area contributed by atoms with E-state index in [0.29, 0.717) is 0 Å². The minimum absolute atomic E-state index is 0.746. The Labute approximate surface area is 179 Å². The summed E-state index contributed by atoms with van der Waals surface area (Å²) in [4.78, 5) is 2.34. The van der Waals surface area contributed by atoms with E-state index < -0.39 is 0 Å². The van der Waals surface area contributed by atoms with Crippen LogP contribution in [-0.2, 0) is 0 Å². The maximum Gasteiger partial charge on any atom is 0.00608 e. The fourth-order valence-electron chi connectivity index (χ4n) is 3.83. The standard InChI is InChI=1S/C27H55N/c1-5-6-7-8-9-10-11-12-13-14-15-16-17-18-19-20-21-22-23-24-25-26-27(2)28(3)4/h12-13,27H,5-11,14-26H2,1-4H3/b13-12-. The van der Waals surface area contributed by atoms with Crippen molar-refractivity contribution in [1.29, 1.82) is 0 Å². The Kier molecular flexibility index (Phi) is 22.7. The maximum absolute atomic E-state index is 2.44. The first-order valence-corrected chi connectivity index (χ1v) is 13.0. The van der Waals surface area contributed by atoms with Crippen molar-refractivity contribution in [3.63, 3.8) is 0 Å². The highest BCUT2D eigenvalue weighted by atomic mass is 15.1. The van der Waals surface area contributed by atoms with Gasteiger partial charge in [0.15, 0.2) is 0 Å². The van der Waals surface area contributed by atoms with Gasteiger partial charge in [-0.3, -0.25) is 0 Å². The van der Waals surface area contributed by atoms with Crippen LogP contribution < -0.4 is 0 Å². The van der Waals surface area contributed by atoms with Gasteiger partial charge in [0.05, 0.1) is 0 Å². The predicted molar refractivity (Wildman–Crippen MR) is 130 cm³/mol. The fourth-order valence-corrected chi connectivity index (χ4v) is 3.83. The van der Waals surface area contributed by atoms with Gasteiger partial charge in [0, 0.05) is 6.04 Å². The van der Waals surface area contributed by atoms with E-state index in [2.05, 4.69) is 45.0 Å². The van der Waals surface area contributed by atoms with Crippen molar-refractivity contribution in [2.24, 2.45) is 0 Å². The van der Waals surface area contributed by atoms with E-state index >= 15 is 0 Å². The van der Waals surface area contributed by atoms with Crippen LogP contribution in [0.2, 0.25) is 0 Å². The minimum atomic E-state index is 0.746. The third kappa shape index (κ3) is 22.0. The zero-order valence-electron chi connectivity index (χ0n) is 20.3. The van der Waals surface area contributed by atoms with Gasteiger partial charge in [-0.25, -0.2) is 0 Å². The summed E-state index contributed by atoms with van der Waals surface area (Å²) in [6.07, 6.45) is 33.2. The highest BCUT2D eigenvalue weighted by molar-refractivity contribution is 4.81. The van der Waals surface area contributed by atoms with Crippen molar-refractivity contribution in [1.82, 2.24) is 4.90 Å². The van der Waals surface area contributed by atoms with Crippen LogP contribution in [0.5, 0.6) is 0 Å². The molecule has 0 radical (unpaired) electrons. The lowest BCUT2D eigenvalue weighted by Gasteiger charge is -2.19. The molecule has 1 unspecified atom stereocenters. The number of unbranched alkanes of at least 4 members (excludes halogenated alkanes) is 17. The van der Waals surface area contributed by atoms with E-state index in [1.807, 2.05) is 0 Å². The zero-order valence-corrected chi connectivity index (χ0v) is 20.3. The van der Waals surface area contributed by atoms with E-state index in [1.54, 1.807) is 0 Å². The van der Waals surface area contributed by atoms with Crippen LogP contribution in [0, 0.1) is 0 Å². The lowest BCUT2D eigenvalue weighted by atomic mass is 10.0. The van der Waals surface area contributed by atoms with Crippen LogP contribution >= 0.6 is 0 Å². The Morgan fingerprint density at radius 1 is 0.536 bits per heavy atom. The molecule has 0 aromatic heterocycles. The predicted octanol–water partition coefficient (Wildman–Crippen LogP) is 9.31. The highest BCUT2D eigenvalue weighted by Gasteiger charge is 2.03. The maximum atomic E-state index is 2.44. The molecule has 1 nitrogen and oxygen atoms in total. The lowest BCUT2D eigenvalue weighted by Crippen LogP contribution is -2.24.